The van der Waals surface area contributed by atoms with Crippen molar-refractivity contribution in [1.82, 2.24) is 10.2 Å². The van der Waals surface area contributed by atoms with Crippen molar-refractivity contribution >= 4 is 63.0 Å². The fraction of sp³-hybridized carbons (Fsp3) is 0.100. The number of nitrogens with zero attached hydrogens (tertiary/aromatic N) is 1. The minimum Gasteiger partial charge on any atom is -0.495 e. The molecule has 4 aromatic rings. The van der Waals surface area contributed by atoms with Gasteiger partial charge in [-0.1, -0.05) is 60.7 Å². The lowest BCUT2D eigenvalue weighted by molar-refractivity contribution is -0.127. The summed E-state index contributed by atoms with van der Waals surface area (Å²) in [7, 11) is 1.49. The van der Waals surface area contributed by atoms with E-state index in [0.717, 1.165) is 24.8 Å². The fourth-order valence-corrected chi connectivity index (χ4v) is 4.96. The van der Waals surface area contributed by atoms with E-state index in [9.17, 15) is 14.4 Å². The largest absolute Gasteiger partial charge is 0.495 e. The number of anilines is 1. The number of rotatable bonds is 8. The number of imide groups is 1. The van der Waals surface area contributed by atoms with Crippen molar-refractivity contribution in [1.29, 1.82) is 0 Å². The first-order valence-electron chi connectivity index (χ1n) is 12.1. The minimum atomic E-state index is -0.661. The Kier molecular flexibility index (Phi) is 7.78. The number of amides is 4. The van der Waals surface area contributed by atoms with Crippen molar-refractivity contribution in [2.75, 3.05) is 19.0 Å². The highest BCUT2D eigenvalue weighted by molar-refractivity contribution is 14.1. The highest BCUT2D eigenvalue weighted by Crippen LogP contribution is 2.27. The lowest BCUT2D eigenvalue weighted by Crippen LogP contribution is -2.38. The summed E-state index contributed by atoms with van der Waals surface area (Å²) < 4.78 is 12.2. The molecule has 0 atom stereocenters. The van der Waals surface area contributed by atoms with Crippen LogP contribution in [0.5, 0.6) is 11.5 Å². The predicted molar refractivity (Wildman–Crippen MR) is 157 cm³/mol. The average Bonchev–Trinajstić information content (AvgIpc) is 3.20. The third-order valence-corrected chi connectivity index (χ3v) is 7.02. The SMILES string of the molecule is COc1ccccc1NC(=O)CN1C(=O)N/C(=C/c2ccc(OCc3cccc4ccccc34)c(I)c2)C1=O. The van der Waals surface area contributed by atoms with Crippen LogP contribution in [-0.4, -0.2) is 36.4 Å². The molecule has 196 valence electrons. The number of carbonyl (C=O) groups excluding carboxylic acids is 3. The molecule has 39 heavy (non-hydrogen) atoms. The van der Waals surface area contributed by atoms with E-state index in [0.29, 0.717) is 29.4 Å². The molecule has 0 radical (unpaired) electrons. The van der Waals surface area contributed by atoms with Gasteiger partial charge in [-0.2, -0.15) is 0 Å². The van der Waals surface area contributed by atoms with Crippen molar-refractivity contribution in [3.63, 3.8) is 0 Å². The predicted octanol–water partition coefficient (Wildman–Crippen LogP) is 5.56. The Bertz CT molecular complexity index is 1610. The summed E-state index contributed by atoms with van der Waals surface area (Å²) in [5.41, 5.74) is 2.33. The van der Waals surface area contributed by atoms with E-state index in [-0.39, 0.29) is 5.70 Å². The van der Waals surface area contributed by atoms with Crippen LogP contribution in [-0.2, 0) is 16.2 Å². The Balaban J connectivity index is 1.24. The average molecular weight is 633 g/mol. The van der Waals surface area contributed by atoms with Gasteiger partial charge in [0, 0.05) is 0 Å². The van der Waals surface area contributed by atoms with Crippen molar-refractivity contribution in [3.05, 3.63) is 105 Å². The zero-order chi connectivity index (χ0) is 27.4. The van der Waals surface area contributed by atoms with Gasteiger partial charge in [0.05, 0.1) is 16.4 Å². The normalized spacial score (nSPS) is 14.0. The number of hydrogen-bond donors (Lipinski definition) is 2. The van der Waals surface area contributed by atoms with Gasteiger partial charge in [-0.25, -0.2) is 9.69 Å². The van der Waals surface area contributed by atoms with Crippen LogP contribution in [0.4, 0.5) is 10.5 Å². The summed E-state index contributed by atoms with van der Waals surface area (Å²) in [5, 5.41) is 7.52. The van der Waals surface area contributed by atoms with Gasteiger partial charge >= 0.3 is 6.03 Å². The van der Waals surface area contributed by atoms with Crippen LogP contribution in [0.1, 0.15) is 11.1 Å². The minimum absolute atomic E-state index is 0.0883. The smallest absolute Gasteiger partial charge is 0.329 e. The maximum absolute atomic E-state index is 12.9. The third kappa shape index (κ3) is 5.88. The molecule has 0 aromatic heterocycles. The molecular weight excluding hydrogens is 609 g/mol. The molecule has 4 amide bonds. The van der Waals surface area contributed by atoms with Crippen molar-refractivity contribution in [2.45, 2.75) is 6.61 Å². The monoisotopic (exact) mass is 633 g/mol. The van der Waals surface area contributed by atoms with Gasteiger partial charge in [0.2, 0.25) is 5.91 Å². The van der Waals surface area contributed by atoms with Gasteiger partial charge in [0.15, 0.2) is 0 Å². The van der Waals surface area contributed by atoms with E-state index in [1.165, 1.54) is 7.11 Å². The van der Waals surface area contributed by atoms with Crippen LogP contribution in [0.15, 0.2) is 90.6 Å². The molecule has 2 N–H and O–H groups in total. The number of ether oxygens (including phenoxy) is 2. The number of carbonyl (C=O) groups is 3. The van der Waals surface area contributed by atoms with Crippen molar-refractivity contribution < 1.29 is 23.9 Å². The Labute approximate surface area is 238 Å². The number of halogens is 1. The number of hydrogen-bond acceptors (Lipinski definition) is 5. The molecule has 0 aliphatic carbocycles. The Hall–Kier alpha value is -4.38. The second kappa shape index (κ2) is 11.6. The van der Waals surface area contributed by atoms with Gasteiger partial charge in [-0.05, 0) is 74.8 Å². The first-order chi connectivity index (χ1) is 18.9. The number of para-hydroxylation sites is 2. The molecule has 0 spiro atoms. The van der Waals surface area contributed by atoms with Crippen LogP contribution in [0, 0.1) is 3.57 Å². The summed E-state index contributed by atoms with van der Waals surface area (Å²) in [5.74, 6) is 0.0813. The number of methoxy groups -OCH3 is 1. The number of nitrogens with one attached hydrogen (secondary N) is 2. The Morgan fingerprint density at radius 2 is 1.74 bits per heavy atom. The molecule has 8 nitrogen and oxygen atoms in total. The van der Waals surface area contributed by atoms with Gasteiger partial charge < -0.3 is 20.1 Å². The van der Waals surface area contributed by atoms with Crippen LogP contribution >= 0.6 is 22.6 Å². The zero-order valence-corrected chi connectivity index (χ0v) is 23.1. The summed E-state index contributed by atoms with van der Waals surface area (Å²) in [6.07, 6.45) is 1.58. The number of fused-ring (bicyclic) bond motifs is 1. The quantitative estimate of drug-likeness (QED) is 0.151. The molecule has 1 fully saturated rings. The standard InChI is InChI=1S/C30H24IN3O5/c1-38-27-12-5-4-11-24(27)32-28(35)17-34-29(36)25(33-30(34)37)16-19-13-14-26(23(31)15-19)39-18-21-9-6-8-20-7-2-3-10-22(20)21/h2-16H,17-18H2,1H3,(H,32,35)(H,33,37)/b25-16+. The topological polar surface area (TPSA) is 97.0 Å². The maximum Gasteiger partial charge on any atom is 0.329 e. The third-order valence-electron chi connectivity index (χ3n) is 6.18. The summed E-state index contributed by atoms with van der Waals surface area (Å²) in [6.45, 7) is -0.0171. The van der Waals surface area contributed by atoms with E-state index in [4.69, 9.17) is 9.47 Å². The lowest BCUT2D eigenvalue weighted by Gasteiger charge is -2.13. The molecule has 5 rings (SSSR count). The van der Waals surface area contributed by atoms with Gasteiger partial charge in [-0.15, -0.1) is 0 Å². The van der Waals surface area contributed by atoms with Crippen LogP contribution in [0.3, 0.4) is 0 Å². The molecule has 9 heteroatoms. The fourth-order valence-electron chi connectivity index (χ4n) is 4.26. The summed E-state index contributed by atoms with van der Waals surface area (Å²) in [6, 6.07) is 26.0. The first kappa shape index (κ1) is 26.2. The molecular formula is C30H24IN3O5. The molecule has 4 aromatic carbocycles. The summed E-state index contributed by atoms with van der Waals surface area (Å²) >= 11 is 2.18. The van der Waals surface area contributed by atoms with Gasteiger partial charge in [0.25, 0.3) is 5.91 Å². The van der Waals surface area contributed by atoms with Crippen molar-refractivity contribution in [2.24, 2.45) is 0 Å². The molecule has 1 heterocycles. The van der Waals surface area contributed by atoms with Crippen molar-refractivity contribution in [3.8, 4) is 11.5 Å². The summed E-state index contributed by atoms with van der Waals surface area (Å²) in [4.78, 5) is 38.8. The molecule has 0 saturated carbocycles. The molecule has 0 bridgehead atoms. The number of urea groups is 1. The second-order valence-electron chi connectivity index (χ2n) is 8.74. The first-order valence-corrected chi connectivity index (χ1v) is 13.2. The Morgan fingerprint density at radius 1 is 0.974 bits per heavy atom. The molecule has 1 saturated heterocycles. The number of benzene rings is 4. The van der Waals surface area contributed by atoms with E-state index in [2.05, 4.69) is 51.4 Å². The molecule has 1 aliphatic rings. The maximum atomic E-state index is 12.9. The lowest BCUT2D eigenvalue weighted by atomic mass is 10.1. The Morgan fingerprint density at radius 3 is 2.56 bits per heavy atom. The molecule has 0 unspecified atom stereocenters. The van der Waals surface area contributed by atoms with Crippen LogP contribution in [0.25, 0.3) is 16.8 Å². The van der Waals surface area contributed by atoms with E-state index in [1.54, 1.807) is 30.3 Å². The van der Waals surface area contributed by atoms with E-state index >= 15 is 0 Å². The van der Waals surface area contributed by atoms with Gasteiger partial charge in [0.1, 0.15) is 30.3 Å². The zero-order valence-electron chi connectivity index (χ0n) is 20.9. The highest BCUT2D eigenvalue weighted by Gasteiger charge is 2.35. The van der Waals surface area contributed by atoms with Crippen LogP contribution in [0.2, 0.25) is 0 Å². The molecule has 1 aliphatic heterocycles. The highest BCUT2D eigenvalue weighted by atomic mass is 127. The van der Waals surface area contributed by atoms with Crippen LogP contribution < -0.4 is 20.1 Å². The van der Waals surface area contributed by atoms with E-state index in [1.807, 2.05) is 42.5 Å². The van der Waals surface area contributed by atoms with E-state index < -0.39 is 24.4 Å². The van der Waals surface area contributed by atoms with Gasteiger partial charge in [-0.3, -0.25) is 9.59 Å². The second-order valence-corrected chi connectivity index (χ2v) is 9.91.